The minimum Gasteiger partial charge on any atom is -0.307 e. The Morgan fingerprint density at radius 1 is 1.44 bits per heavy atom. The van der Waals surface area contributed by atoms with Gasteiger partial charge in [-0.05, 0) is 19.1 Å². The van der Waals surface area contributed by atoms with Crippen LogP contribution in [0.25, 0.3) is 10.2 Å². The van der Waals surface area contributed by atoms with E-state index >= 15 is 0 Å². The van der Waals surface area contributed by atoms with Gasteiger partial charge in [0.1, 0.15) is 5.01 Å². The zero-order chi connectivity index (χ0) is 13.2. The Labute approximate surface area is 110 Å². The zero-order valence-electron chi connectivity index (χ0n) is 9.96. The van der Waals surface area contributed by atoms with E-state index in [-0.39, 0.29) is 11.8 Å². The molecule has 0 saturated heterocycles. The third-order valence-electron chi connectivity index (χ3n) is 2.52. The molecule has 1 unspecified atom stereocenters. The minimum absolute atomic E-state index is 0.0177. The van der Waals surface area contributed by atoms with Crippen LogP contribution in [-0.2, 0) is 10.0 Å². The Bertz CT molecular complexity index is 604. The third kappa shape index (κ3) is 3.49. The summed E-state index contributed by atoms with van der Waals surface area (Å²) in [5.41, 5.74) is 0.970. The van der Waals surface area contributed by atoms with Gasteiger partial charge in [0.2, 0.25) is 10.0 Å². The molecule has 0 fully saturated rings. The molecular weight excluding hydrogens is 270 g/mol. The Morgan fingerprint density at radius 2 is 2.17 bits per heavy atom. The molecule has 0 aliphatic carbocycles. The number of hydrogen-bond acceptors (Lipinski definition) is 5. The first kappa shape index (κ1) is 13.4. The van der Waals surface area contributed by atoms with Crippen molar-refractivity contribution in [2.45, 2.75) is 13.0 Å². The quantitative estimate of drug-likeness (QED) is 0.865. The number of para-hydroxylation sites is 1. The number of sulfonamides is 1. The summed E-state index contributed by atoms with van der Waals surface area (Å²) in [6, 6.07) is 7.93. The molecule has 0 saturated carbocycles. The Balaban J connectivity index is 2.02. The first-order valence-electron chi connectivity index (χ1n) is 5.55. The van der Waals surface area contributed by atoms with E-state index in [4.69, 9.17) is 5.14 Å². The summed E-state index contributed by atoms with van der Waals surface area (Å²) >= 11 is 1.61. The van der Waals surface area contributed by atoms with Gasteiger partial charge in [-0.3, -0.25) is 0 Å². The number of nitrogens with one attached hydrogen (secondary N) is 1. The van der Waals surface area contributed by atoms with Crippen molar-refractivity contribution in [3.05, 3.63) is 29.3 Å². The Hall–Kier alpha value is -1.02. The lowest BCUT2D eigenvalue weighted by Crippen LogP contribution is -2.28. The van der Waals surface area contributed by atoms with Crippen LogP contribution in [0.15, 0.2) is 24.3 Å². The van der Waals surface area contributed by atoms with E-state index in [9.17, 15) is 8.42 Å². The molecule has 2 aromatic rings. The first-order valence-corrected chi connectivity index (χ1v) is 8.08. The van der Waals surface area contributed by atoms with Gasteiger partial charge in [-0.25, -0.2) is 18.5 Å². The van der Waals surface area contributed by atoms with Gasteiger partial charge >= 0.3 is 0 Å². The highest BCUT2D eigenvalue weighted by molar-refractivity contribution is 7.89. The van der Waals surface area contributed by atoms with E-state index in [1.165, 1.54) is 0 Å². The summed E-state index contributed by atoms with van der Waals surface area (Å²) in [5, 5.41) is 9.00. The highest BCUT2D eigenvalue weighted by Gasteiger charge is 2.11. The van der Waals surface area contributed by atoms with Crippen molar-refractivity contribution in [3.8, 4) is 0 Å². The van der Waals surface area contributed by atoms with Gasteiger partial charge in [-0.1, -0.05) is 12.1 Å². The smallest absolute Gasteiger partial charge is 0.210 e. The van der Waals surface area contributed by atoms with E-state index in [0.717, 1.165) is 15.2 Å². The second-order valence-corrected chi connectivity index (χ2v) is 6.86. The fourth-order valence-electron chi connectivity index (χ4n) is 1.58. The molecule has 0 aliphatic heterocycles. The lowest BCUT2D eigenvalue weighted by molar-refractivity contribution is 0.572. The largest absolute Gasteiger partial charge is 0.307 e. The molecule has 7 heteroatoms. The van der Waals surface area contributed by atoms with E-state index < -0.39 is 10.0 Å². The van der Waals surface area contributed by atoms with Crippen LogP contribution in [0.4, 0.5) is 0 Å². The maximum absolute atomic E-state index is 10.8. The van der Waals surface area contributed by atoms with Gasteiger partial charge in [0.25, 0.3) is 0 Å². The molecule has 1 aromatic carbocycles. The molecule has 5 nitrogen and oxygen atoms in total. The van der Waals surface area contributed by atoms with E-state index in [0.29, 0.717) is 6.54 Å². The van der Waals surface area contributed by atoms with Crippen molar-refractivity contribution in [3.63, 3.8) is 0 Å². The van der Waals surface area contributed by atoms with Gasteiger partial charge in [0.05, 0.1) is 22.0 Å². The summed E-state index contributed by atoms with van der Waals surface area (Å²) in [5.74, 6) is -0.0672. The lowest BCUT2D eigenvalue weighted by Gasteiger charge is -2.09. The molecule has 0 aliphatic rings. The number of hydrogen-bond donors (Lipinski definition) is 2. The summed E-state index contributed by atoms with van der Waals surface area (Å²) in [6.45, 7) is 2.29. The van der Waals surface area contributed by atoms with Gasteiger partial charge in [0.15, 0.2) is 0 Å². The zero-order valence-corrected chi connectivity index (χ0v) is 11.6. The predicted octanol–water partition coefficient (Wildman–Crippen LogP) is 1.24. The highest BCUT2D eigenvalue weighted by Crippen LogP contribution is 2.25. The number of benzene rings is 1. The number of nitrogens with zero attached hydrogens (tertiary/aromatic N) is 1. The van der Waals surface area contributed by atoms with Crippen molar-refractivity contribution in [2.75, 3.05) is 12.3 Å². The van der Waals surface area contributed by atoms with Gasteiger partial charge in [0, 0.05) is 6.54 Å². The van der Waals surface area contributed by atoms with Crippen LogP contribution in [0.2, 0.25) is 0 Å². The maximum Gasteiger partial charge on any atom is 0.210 e. The molecule has 1 atom stereocenters. The standard InChI is InChI=1S/C11H15N3O2S2/c1-8(13-6-7-18(12,15)16)11-14-9-4-2-3-5-10(9)17-11/h2-5,8,13H,6-7H2,1H3,(H2,12,15,16). The molecule has 1 heterocycles. The van der Waals surface area contributed by atoms with Crippen LogP contribution < -0.4 is 10.5 Å². The topological polar surface area (TPSA) is 85.1 Å². The Morgan fingerprint density at radius 3 is 2.83 bits per heavy atom. The minimum atomic E-state index is -3.41. The molecule has 0 bridgehead atoms. The number of aromatic nitrogens is 1. The van der Waals surface area contributed by atoms with Gasteiger partial charge in [-0.15, -0.1) is 11.3 Å². The average Bonchev–Trinajstić information content (AvgIpc) is 2.70. The number of fused-ring (bicyclic) bond motifs is 1. The SMILES string of the molecule is CC(NCCS(N)(=O)=O)c1nc2ccccc2s1. The van der Waals surface area contributed by atoms with Crippen LogP contribution in [0.5, 0.6) is 0 Å². The third-order valence-corrected chi connectivity index (χ3v) is 4.51. The molecular formula is C11H15N3O2S2. The molecule has 0 spiro atoms. The second-order valence-electron chi connectivity index (χ2n) is 4.06. The van der Waals surface area contributed by atoms with Crippen molar-refractivity contribution in [2.24, 2.45) is 5.14 Å². The summed E-state index contributed by atoms with van der Waals surface area (Å²) in [6.07, 6.45) is 0. The van der Waals surface area contributed by atoms with Crippen molar-refractivity contribution in [1.29, 1.82) is 0 Å². The number of primary sulfonamides is 1. The maximum atomic E-state index is 10.8. The summed E-state index contributed by atoms with van der Waals surface area (Å²) in [4.78, 5) is 4.50. The van der Waals surface area contributed by atoms with E-state index in [1.807, 2.05) is 31.2 Å². The van der Waals surface area contributed by atoms with Crippen molar-refractivity contribution in [1.82, 2.24) is 10.3 Å². The molecule has 0 amide bonds. The molecule has 98 valence electrons. The summed E-state index contributed by atoms with van der Waals surface area (Å²) < 4.78 is 22.8. The number of rotatable bonds is 5. The van der Waals surface area contributed by atoms with Crippen LogP contribution in [-0.4, -0.2) is 25.7 Å². The molecule has 3 N–H and O–H groups in total. The summed E-state index contributed by atoms with van der Waals surface area (Å²) in [7, 11) is -3.41. The van der Waals surface area contributed by atoms with Crippen molar-refractivity contribution < 1.29 is 8.42 Å². The fraction of sp³-hybridized carbons (Fsp3) is 0.364. The average molecular weight is 285 g/mol. The van der Waals surface area contributed by atoms with Crippen LogP contribution in [0.3, 0.4) is 0 Å². The first-order chi connectivity index (χ1) is 8.46. The van der Waals surface area contributed by atoms with Gasteiger partial charge in [-0.2, -0.15) is 0 Å². The lowest BCUT2D eigenvalue weighted by atomic mass is 10.3. The monoisotopic (exact) mass is 285 g/mol. The van der Waals surface area contributed by atoms with E-state index in [2.05, 4.69) is 10.3 Å². The second kappa shape index (κ2) is 5.31. The molecule has 1 aromatic heterocycles. The molecule has 0 radical (unpaired) electrons. The number of nitrogens with two attached hydrogens (primary N) is 1. The fourth-order valence-corrected chi connectivity index (χ4v) is 2.98. The van der Waals surface area contributed by atoms with Crippen molar-refractivity contribution >= 4 is 31.6 Å². The number of thiazole rings is 1. The molecule has 18 heavy (non-hydrogen) atoms. The van der Waals surface area contributed by atoms with Gasteiger partial charge < -0.3 is 5.32 Å². The van der Waals surface area contributed by atoms with Crippen LogP contribution in [0, 0.1) is 0 Å². The van der Waals surface area contributed by atoms with E-state index in [1.54, 1.807) is 11.3 Å². The van der Waals surface area contributed by atoms with Crippen LogP contribution >= 0.6 is 11.3 Å². The highest BCUT2D eigenvalue weighted by atomic mass is 32.2. The Kier molecular flexibility index (Phi) is 3.96. The molecule has 2 rings (SSSR count). The normalized spacial score (nSPS) is 13.9. The predicted molar refractivity (Wildman–Crippen MR) is 74.0 cm³/mol. The van der Waals surface area contributed by atoms with Crippen LogP contribution in [0.1, 0.15) is 18.0 Å².